The summed E-state index contributed by atoms with van der Waals surface area (Å²) in [6.07, 6.45) is 3.18. The normalized spacial score (nSPS) is 14.7. The number of anilines is 4. The first-order chi connectivity index (χ1) is 14.7. The van der Waals surface area contributed by atoms with Crippen molar-refractivity contribution in [3.63, 3.8) is 0 Å². The van der Waals surface area contributed by atoms with Crippen LogP contribution in [0.5, 0.6) is 11.5 Å². The van der Waals surface area contributed by atoms with Crippen LogP contribution in [0, 0.1) is 10.1 Å². The van der Waals surface area contributed by atoms with Crippen LogP contribution >= 0.6 is 0 Å². The first-order valence-corrected chi connectivity index (χ1v) is 9.72. The van der Waals surface area contributed by atoms with Crippen LogP contribution in [0.25, 0.3) is 0 Å². The third-order valence-corrected chi connectivity index (χ3v) is 5.16. The molecule has 9 heteroatoms. The molecule has 0 atom stereocenters. The summed E-state index contributed by atoms with van der Waals surface area (Å²) in [5.41, 5.74) is 2.55. The van der Waals surface area contributed by atoms with Crippen LogP contribution in [-0.2, 0) is 6.42 Å². The Kier molecular flexibility index (Phi) is 4.55. The van der Waals surface area contributed by atoms with E-state index in [-0.39, 0.29) is 17.3 Å². The molecule has 1 N–H and O–H groups in total. The number of nitrogens with one attached hydrogen (secondary N) is 1. The third-order valence-electron chi connectivity index (χ3n) is 5.16. The molecule has 0 fully saturated rings. The highest BCUT2D eigenvalue weighted by atomic mass is 16.6. The van der Waals surface area contributed by atoms with Gasteiger partial charge in [-0.15, -0.1) is 0 Å². The first kappa shape index (κ1) is 18.2. The number of nitro groups is 1. The van der Waals surface area contributed by atoms with E-state index in [0.29, 0.717) is 36.9 Å². The first-order valence-electron chi connectivity index (χ1n) is 9.72. The van der Waals surface area contributed by atoms with Crippen LogP contribution in [0.1, 0.15) is 12.0 Å². The van der Waals surface area contributed by atoms with E-state index in [4.69, 9.17) is 9.47 Å². The Balaban J connectivity index is 1.54. The van der Waals surface area contributed by atoms with Gasteiger partial charge in [-0.2, -0.15) is 0 Å². The quantitative estimate of drug-likeness (QED) is 0.514. The maximum absolute atomic E-state index is 12.0. The average molecular weight is 405 g/mol. The lowest BCUT2D eigenvalue weighted by Crippen LogP contribution is -2.26. The van der Waals surface area contributed by atoms with Gasteiger partial charge in [0.15, 0.2) is 11.5 Å². The Bertz CT molecular complexity index is 1120. The molecule has 0 amide bonds. The van der Waals surface area contributed by atoms with Crippen molar-refractivity contribution in [3.05, 3.63) is 64.5 Å². The number of hydrogen-bond acceptors (Lipinski definition) is 8. The van der Waals surface area contributed by atoms with Gasteiger partial charge in [0.05, 0.1) is 4.92 Å². The smallest absolute Gasteiger partial charge is 0.354 e. The SMILES string of the molecule is O=[N+]([O-])c1c(Nc2ccc3c(c2)OCCO3)ncnc1N1CCCc2ccccc21. The van der Waals surface area contributed by atoms with Gasteiger partial charge in [-0.1, -0.05) is 18.2 Å². The Morgan fingerprint density at radius 1 is 1.07 bits per heavy atom. The summed E-state index contributed by atoms with van der Waals surface area (Å²) >= 11 is 0. The van der Waals surface area contributed by atoms with Gasteiger partial charge in [-0.25, -0.2) is 9.97 Å². The molecule has 3 heterocycles. The highest BCUT2D eigenvalue weighted by Gasteiger charge is 2.30. The molecular formula is C21H19N5O4. The molecule has 0 bridgehead atoms. The second-order valence-electron chi connectivity index (χ2n) is 7.02. The van der Waals surface area contributed by atoms with Gasteiger partial charge < -0.3 is 19.7 Å². The van der Waals surface area contributed by atoms with Crippen LogP contribution in [0.3, 0.4) is 0 Å². The summed E-state index contributed by atoms with van der Waals surface area (Å²) < 4.78 is 11.1. The lowest BCUT2D eigenvalue weighted by Gasteiger charge is -2.30. The molecule has 0 spiro atoms. The third kappa shape index (κ3) is 3.24. The van der Waals surface area contributed by atoms with Crippen LogP contribution in [-0.4, -0.2) is 34.6 Å². The number of para-hydroxylation sites is 1. The molecule has 3 aromatic rings. The second-order valence-corrected chi connectivity index (χ2v) is 7.02. The van der Waals surface area contributed by atoms with Gasteiger partial charge in [-0.05, 0) is 36.6 Å². The van der Waals surface area contributed by atoms with Crippen LogP contribution < -0.4 is 19.7 Å². The van der Waals surface area contributed by atoms with Crippen molar-refractivity contribution >= 4 is 28.7 Å². The molecule has 2 aliphatic rings. The molecule has 0 radical (unpaired) electrons. The Morgan fingerprint density at radius 2 is 1.90 bits per heavy atom. The average Bonchev–Trinajstić information content (AvgIpc) is 2.78. The minimum absolute atomic E-state index is 0.129. The zero-order valence-electron chi connectivity index (χ0n) is 16.1. The van der Waals surface area contributed by atoms with Gasteiger partial charge in [0.25, 0.3) is 0 Å². The number of rotatable bonds is 4. The number of ether oxygens (including phenoxy) is 2. The fraction of sp³-hybridized carbons (Fsp3) is 0.238. The van der Waals surface area contributed by atoms with E-state index in [0.717, 1.165) is 24.1 Å². The Labute approximate surface area is 172 Å². The highest BCUT2D eigenvalue weighted by Crippen LogP contribution is 2.41. The number of hydrogen-bond donors (Lipinski definition) is 1. The summed E-state index contributed by atoms with van der Waals surface area (Å²) in [5.74, 6) is 1.65. The molecule has 2 aromatic carbocycles. The molecule has 0 saturated carbocycles. The monoisotopic (exact) mass is 405 g/mol. The predicted molar refractivity (Wildman–Crippen MR) is 111 cm³/mol. The van der Waals surface area contributed by atoms with Crippen LogP contribution in [0.4, 0.5) is 28.7 Å². The fourth-order valence-electron chi connectivity index (χ4n) is 3.84. The van der Waals surface area contributed by atoms with E-state index in [1.54, 1.807) is 18.2 Å². The molecule has 0 saturated heterocycles. The van der Waals surface area contributed by atoms with Crippen molar-refractivity contribution < 1.29 is 14.4 Å². The number of fused-ring (bicyclic) bond motifs is 2. The van der Waals surface area contributed by atoms with Gasteiger partial charge in [0, 0.05) is 24.0 Å². The number of aromatic nitrogens is 2. The topological polar surface area (TPSA) is 103 Å². The zero-order chi connectivity index (χ0) is 20.5. The van der Waals surface area contributed by atoms with E-state index in [2.05, 4.69) is 15.3 Å². The largest absolute Gasteiger partial charge is 0.486 e. The Morgan fingerprint density at radius 3 is 2.77 bits per heavy atom. The standard InChI is InChI=1S/C21H19N5O4/c27-26(28)19-20(24-15-7-8-17-18(12-15)30-11-10-29-17)22-13-23-21(19)25-9-3-5-14-4-1-2-6-16(14)25/h1-2,4,6-8,12-13H,3,5,9-11H2,(H,22,23,24). The predicted octanol–water partition coefficient (Wildman–Crippen LogP) is 3.98. The van der Waals surface area contributed by atoms with Gasteiger partial charge >= 0.3 is 5.69 Å². The maximum atomic E-state index is 12.0. The van der Waals surface area contributed by atoms with Crippen molar-refractivity contribution in [2.45, 2.75) is 12.8 Å². The lowest BCUT2D eigenvalue weighted by molar-refractivity contribution is -0.383. The van der Waals surface area contributed by atoms with E-state index < -0.39 is 4.92 Å². The number of nitrogens with zero attached hydrogens (tertiary/aromatic N) is 4. The van der Waals surface area contributed by atoms with Crippen LogP contribution in [0.2, 0.25) is 0 Å². The van der Waals surface area contributed by atoms with Crippen molar-refractivity contribution in [3.8, 4) is 11.5 Å². The zero-order valence-corrected chi connectivity index (χ0v) is 16.1. The fourth-order valence-corrected chi connectivity index (χ4v) is 3.84. The summed E-state index contributed by atoms with van der Waals surface area (Å²) in [6.45, 7) is 1.61. The van der Waals surface area contributed by atoms with Gasteiger partial charge in [0.2, 0.25) is 11.6 Å². The molecule has 0 unspecified atom stereocenters. The molecule has 152 valence electrons. The summed E-state index contributed by atoms with van der Waals surface area (Å²) in [6, 6.07) is 13.2. The number of aryl methyl sites for hydroxylation is 1. The molecule has 2 aliphatic heterocycles. The molecule has 5 rings (SSSR count). The molecular weight excluding hydrogens is 386 g/mol. The second kappa shape index (κ2) is 7.51. The van der Waals surface area contributed by atoms with Gasteiger partial charge in [0.1, 0.15) is 19.5 Å². The summed E-state index contributed by atoms with van der Waals surface area (Å²) in [5, 5.41) is 15.1. The van der Waals surface area contributed by atoms with E-state index in [1.165, 1.54) is 6.33 Å². The van der Waals surface area contributed by atoms with Crippen LogP contribution in [0.15, 0.2) is 48.8 Å². The lowest BCUT2D eigenvalue weighted by atomic mass is 10.0. The minimum Gasteiger partial charge on any atom is -0.486 e. The minimum atomic E-state index is -0.438. The summed E-state index contributed by atoms with van der Waals surface area (Å²) in [7, 11) is 0. The number of benzene rings is 2. The molecule has 1 aromatic heterocycles. The molecule has 9 nitrogen and oxygen atoms in total. The Hall–Kier alpha value is -3.88. The van der Waals surface area contributed by atoms with Gasteiger partial charge in [-0.3, -0.25) is 10.1 Å². The van der Waals surface area contributed by atoms with Crippen molar-refractivity contribution in [1.29, 1.82) is 0 Å². The summed E-state index contributed by atoms with van der Waals surface area (Å²) in [4.78, 5) is 21.9. The van der Waals surface area contributed by atoms with E-state index in [1.807, 2.05) is 29.2 Å². The van der Waals surface area contributed by atoms with Crippen molar-refractivity contribution in [2.24, 2.45) is 0 Å². The van der Waals surface area contributed by atoms with E-state index in [9.17, 15) is 10.1 Å². The maximum Gasteiger partial charge on any atom is 0.354 e. The van der Waals surface area contributed by atoms with Crippen molar-refractivity contribution in [1.82, 2.24) is 9.97 Å². The molecule has 30 heavy (non-hydrogen) atoms. The van der Waals surface area contributed by atoms with E-state index >= 15 is 0 Å². The highest BCUT2D eigenvalue weighted by molar-refractivity contribution is 5.79. The van der Waals surface area contributed by atoms with Crippen molar-refractivity contribution in [2.75, 3.05) is 30.0 Å². The molecule has 0 aliphatic carbocycles.